The first-order valence-corrected chi connectivity index (χ1v) is 1.69. The van der Waals surface area contributed by atoms with E-state index in [1.54, 1.807) is 0 Å². The van der Waals surface area contributed by atoms with Gasteiger partial charge < -0.3 is 4.42 Å². The Kier molecular flexibility index (Phi) is 0.817. The van der Waals surface area contributed by atoms with Gasteiger partial charge in [0.2, 0.25) is 0 Å². The predicted molar refractivity (Wildman–Crippen MR) is 18.6 cm³/mol. The minimum atomic E-state index is -1.15. The van der Waals surface area contributed by atoms with E-state index in [9.17, 15) is 8.78 Å². The summed E-state index contributed by atoms with van der Waals surface area (Å²) >= 11 is 0. The molecule has 38 valence electrons. The van der Waals surface area contributed by atoms with Crippen LogP contribution < -0.4 is 0 Å². The maximum absolute atomic E-state index is 11.6. The smallest absolute Gasteiger partial charge is 0.314 e. The number of hydrogen-bond acceptors (Lipinski definition) is 1. The Labute approximate surface area is 38.6 Å². The van der Waals surface area contributed by atoms with Gasteiger partial charge in [-0.05, 0) is 0 Å². The quantitative estimate of drug-likeness (QED) is 0.486. The first-order chi connectivity index (χ1) is 3.30. The van der Waals surface area contributed by atoms with Crippen LogP contribution in [0.1, 0.15) is 0 Å². The fourth-order valence-corrected chi connectivity index (χ4v) is 0.275. The SMILES string of the molecule is Fc1ccoc1F. The van der Waals surface area contributed by atoms with E-state index in [1.165, 1.54) is 0 Å². The number of rotatable bonds is 0. The summed E-state index contributed by atoms with van der Waals surface area (Å²) in [4.78, 5) is 0. The van der Waals surface area contributed by atoms with Crippen LogP contribution in [0, 0.1) is 11.8 Å². The molecule has 0 aromatic carbocycles. The van der Waals surface area contributed by atoms with Gasteiger partial charge in [0.25, 0.3) is 0 Å². The molecule has 0 radical (unpaired) electrons. The summed E-state index contributed by atoms with van der Waals surface area (Å²) in [5, 5.41) is 0. The van der Waals surface area contributed by atoms with Crippen molar-refractivity contribution in [3.63, 3.8) is 0 Å². The van der Waals surface area contributed by atoms with Crippen molar-refractivity contribution < 1.29 is 13.2 Å². The zero-order chi connectivity index (χ0) is 5.28. The van der Waals surface area contributed by atoms with Crippen molar-refractivity contribution in [1.29, 1.82) is 0 Å². The van der Waals surface area contributed by atoms with Gasteiger partial charge in [-0.25, -0.2) is 0 Å². The van der Waals surface area contributed by atoms with Gasteiger partial charge >= 0.3 is 6.01 Å². The van der Waals surface area contributed by atoms with E-state index in [0.717, 1.165) is 12.3 Å². The summed E-state index contributed by atoms with van der Waals surface area (Å²) in [6.45, 7) is 0. The third-order valence-corrected chi connectivity index (χ3v) is 0.574. The zero-order valence-electron chi connectivity index (χ0n) is 3.32. The highest BCUT2D eigenvalue weighted by atomic mass is 19.2. The molecule has 0 bridgehead atoms. The Morgan fingerprint density at radius 2 is 2.14 bits per heavy atom. The van der Waals surface area contributed by atoms with Crippen molar-refractivity contribution in [3.8, 4) is 0 Å². The van der Waals surface area contributed by atoms with Crippen LogP contribution in [0.2, 0.25) is 0 Å². The van der Waals surface area contributed by atoms with Crippen LogP contribution in [0.4, 0.5) is 8.78 Å². The summed E-state index contributed by atoms with van der Waals surface area (Å²) in [6.07, 6.45) is 0.949. The van der Waals surface area contributed by atoms with Crippen LogP contribution in [0.15, 0.2) is 16.7 Å². The highest BCUT2D eigenvalue weighted by Gasteiger charge is 1.99. The van der Waals surface area contributed by atoms with Gasteiger partial charge in [-0.2, -0.15) is 8.78 Å². The average molecular weight is 104 g/mol. The molecular weight excluding hydrogens is 102 g/mol. The highest BCUT2D eigenvalue weighted by Crippen LogP contribution is 2.02. The van der Waals surface area contributed by atoms with E-state index in [0.29, 0.717) is 0 Å². The topological polar surface area (TPSA) is 13.1 Å². The van der Waals surface area contributed by atoms with Crippen molar-refractivity contribution in [2.45, 2.75) is 0 Å². The largest absolute Gasteiger partial charge is 0.437 e. The van der Waals surface area contributed by atoms with E-state index >= 15 is 0 Å². The molecule has 0 aliphatic rings. The second-order valence-electron chi connectivity index (χ2n) is 1.04. The lowest BCUT2D eigenvalue weighted by Crippen LogP contribution is -1.66. The Morgan fingerprint density at radius 3 is 2.29 bits per heavy atom. The zero-order valence-corrected chi connectivity index (χ0v) is 3.32. The second-order valence-corrected chi connectivity index (χ2v) is 1.04. The molecule has 0 fully saturated rings. The second kappa shape index (κ2) is 1.33. The molecule has 1 rings (SSSR count). The lowest BCUT2D eigenvalue weighted by atomic mass is 10.6. The third-order valence-electron chi connectivity index (χ3n) is 0.574. The van der Waals surface area contributed by atoms with E-state index < -0.39 is 11.8 Å². The highest BCUT2D eigenvalue weighted by molar-refractivity contribution is 4.88. The molecule has 0 aliphatic heterocycles. The van der Waals surface area contributed by atoms with Crippen LogP contribution in [-0.4, -0.2) is 0 Å². The Balaban J connectivity index is 3.12. The molecular formula is C4H2F2O. The fraction of sp³-hybridized carbons (Fsp3) is 0. The van der Waals surface area contributed by atoms with E-state index in [-0.39, 0.29) is 0 Å². The Hall–Kier alpha value is -0.860. The molecule has 0 atom stereocenters. The molecule has 0 N–H and O–H groups in total. The average Bonchev–Trinajstić information content (AvgIpc) is 1.91. The lowest BCUT2D eigenvalue weighted by molar-refractivity contribution is 0.326. The van der Waals surface area contributed by atoms with Crippen LogP contribution in [-0.2, 0) is 0 Å². The van der Waals surface area contributed by atoms with Crippen LogP contribution >= 0.6 is 0 Å². The van der Waals surface area contributed by atoms with Crippen molar-refractivity contribution >= 4 is 0 Å². The minimum Gasteiger partial charge on any atom is -0.437 e. The van der Waals surface area contributed by atoms with E-state index in [1.807, 2.05) is 0 Å². The first kappa shape index (κ1) is 4.30. The summed E-state index contributed by atoms with van der Waals surface area (Å²) < 4.78 is 27.1. The molecule has 1 nitrogen and oxygen atoms in total. The van der Waals surface area contributed by atoms with Gasteiger partial charge in [-0.15, -0.1) is 0 Å². The molecule has 7 heavy (non-hydrogen) atoms. The molecule has 0 saturated heterocycles. The van der Waals surface area contributed by atoms with Crippen molar-refractivity contribution in [2.75, 3.05) is 0 Å². The summed E-state index contributed by atoms with van der Waals surface area (Å²) in [5.74, 6) is -0.944. The molecule has 1 aromatic rings. The summed E-state index contributed by atoms with van der Waals surface area (Å²) in [7, 11) is 0. The molecule has 0 unspecified atom stereocenters. The molecule has 0 saturated carbocycles. The van der Waals surface area contributed by atoms with Gasteiger partial charge in [0, 0.05) is 6.07 Å². The Morgan fingerprint density at radius 1 is 1.43 bits per heavy atom. The van der Waals surface area contributed by atoms with E-state index in [4.69, 9.17) is 0 Å². The van der Waals surface area contributed by atoms with Crippen molar-refractivity contribution in [3.05, 3.63) is 24.2 Å². The monoisotopic (exact) mass is 104 g/mol. The van der Waals surface area contributed by atoms with Crippen molar-refractivity contribution in [1.82, 2.24) is 0 Å². The fourth-order valence-electron chi connectivity index (χ4n) is 0.275. The first-order valence-electron chi connectivity index (χ1n) is 1.69. The third kappa shape index (κ3) is 0.607. The lowest BCUT2D eigenvalue weighted by Gasteiger charge is -1.70. The number of hydrogen-bond donors (Lipinski definition) is 0. The maximum Gasteiger partial charge on any atom is 0.314 e. The molecule has 1 aromatic heterocycles. The Bertz CT molecular complexity index is 142. The van der Waals surface area contributed by atoms with Crippen LogP contribution in [0.5, 0.6) is 0 Å². The van der Waals surface area contributed by atoms with E-state index in [2.05, 4.69) is 4.42 Å². The molecule has 0 aliphatic carbocycles. The molecule has 1 heterocycles. The summed E-state index contributed by atoms with van der Waals surface area (Å²) in [6, 6.07) is -0.241. The van der Waals surface area contributed by atoms with Gasteiger partial charge in [0.05, 0.1) is 6.26 Å². The molecule has 0 amide bonds. The van der Waals surface area contributed by atoms with Crippen molar-refractivity contribution in [2.24, 2.45) is 0 Å². The van der Waals surface area contributed by atoms with Crippen LogP contribution in [0.25, 0.3) is 0 Å². The van der Waals surface area contributed by atoms with Gasteiger partial charge in [-0.3, -0.25) is 0 Å². The number of halogens is 2. The maximum atomic E-state index is 11.6. The number of furan rings is 1. The standard InChI is InChI=1S/C4H2F2O/c5-3-1-2-7-4(3)6/h1-2H. The van der Waals surface area contributed by atoms with Gasteiger partial charge in [-0.1, -0.05) is 0 Å². The minimum absolute atomic E-state index is 0.912. The molecule has 0 spiro atoms. The van der Waals surface area contributed by atoms with Gasteiger partial charge in [0.1, 0.15) is 0 Å². The van der Waals surface area contributed by atoms with Gasteiger partial charge in [0.15, 0.2) is 5.82 Å². The predicted octanol–water partition coefficient (Wildman–Crippen LogP) is 1.56. The summed E-state index contributed by atoms with van der Waals surface area (Å²) in [5.41, 5.74) is 0. The van der Waals surface area contributed by atoms with Crippen LogP contribution in [0.3, 0.4) is 0 Å². The molecule has 3 heteroatoms. The normalized spacial score (nSPS) is 9.43.